The maximum atomic E-state index is 11.8. The van der Waals surface area contributed by atoms with E-state index in [-0.39, 0.29) is 5.91 Å². The second-order valence-corrected chi connectivity index (χ2v) is 4.74. The van der Waals surface area contributed by atoms with Crippen LogP contribution in [0.4, 0.5) is 0 Å². The molecule has 0 atom stereocenters. The van der Waals surface area contributed by atoms with Gasteiger partial charge in [0.2, 0.25) is 0 Å². The number of hydrogen-bond donors (Lipinski definition) is 1. The number of nitrogens with zero attached hydrogens (tertiary/aromatic N) is 1. The highest BCUT2D eigenvalue weighted by molar-refractivity contribution is 9.10. The zero-order chi connectivity index (χ0) is 13.0. The Morgan fingerprint density at radius 3 is 2.61 bits per heavy atom. The van der Waals surface area contributed by atoms with E-state index in [9.17, 15) is 4.79 Å². The van der Waals surface area contributed by atoms with Gasteiger partial charge in [0, 0.05) is 29.0 Å². The van der Waals surface area contributed by atoms with Crippen LogP contribution in [0.3, 0.4) is 0 Å². The van der Waals surface area contributed by atoms with Crippen molar-refractivity contribution < 1.29 is 4.79 Å². The molecule has 2 rings (SSSR count). The number of hydrogen-bond acceptors (Lipinski definition) is 2. The second kappa shape index (κ2) is 5.78. The largest absolute Gasteiger partial charge is 0.352 e. The van der Waals surface area contributed by atoms with Crippen LogP contribution < -0.4 is 5.32 Å². The van der Waals surface area contributed by atoms with E-state index in [4.69, 9.17) is 0 Å². The van der Waals surface area contributed by atoms with Gasteiger partial charge in [-0.05, 0) is 48.4 Å². The van der Waals surface area contributed by atoms with E-state index in [1.807, 2.05) is 37.3 Å². The smallest absolute Gasteiger partial charge is 0.251 e. The van der Waals surface area contributed by atoms with Crippen LogP contribution in [0.15, 0.2) is 47.2 Å². The minimum atomic E-state index is -0.0610. The first kappa shape index (κ1) is 12.8. The number of carbonyl (C=O) groups excluding carboxylic acids is 1. The summed E-state index contributed by atoms with van der Waals surface area (Å²) in [5.74, 6) is -0.0610. The number of halogens is 1. The van der Waals surface area contributed by atoms with E-state index in [1.54, 1.807) is 12.4 Å². The van der Waals surface area contributed by atoms with E-state index in [0.29, 0.717) is 12.1 Å². The maximum Gasteiger partial charge on any atom is 0.251 e. The molecule has 0 aliphatic rings. The molecule has 92 valence electrons. The third-order valence-electron chi connectivity index (χ3n) is 2.51. The van der Waals surface area contributed by atoms with Crippen molar-refractivity contribution in [3.05, 3.63) is 52.8 Å². The Morgan fingerprint density at radius 2 is 1.94 bits per heavy atom. The molecule has 1 heterocycles. The molecule has 1 aromatic heterocycles. The average molecular weight is 305 g/mol. The molecule has 3 nitrogen and oxygen atoms in total. The van der Waals surface area contributed by atoms with Gasteiger partial charge in [-0.1, -0.05) is 15.9 Å². The highest BCUT2D eigenvalue weighted by Gasteiger charge is 2.08. The highest BCUT2D eigenvalue weighted by Crippen LogP contribution is 2.24. The van der Waals surface area contributed by atoms with Crippen molar-refractivity contribution >= 4 is 21.8 Å². The van der Waals surface area contributed by atoms with Crippen molar-refractivity contribution in [3.63, 3.8) is 0 Å². The number of benzene rings is 1. The molecule has 0 aliphatic carbocycles. The monoisotopic (exact) mass is 304 g/mol. The van der Waals surface area contributed by atoms with Crippen LogP contribution in [0, 0.1) is 0 Å². The van der Waals surface area contributed by atoms with Gasteiger partial charge in [-0.25, -0.2) is 0 Å². The Balaban J connectivity index is 2.41. The molecular formula is C14H13BrN2O. The van der Waals surface area contributed by atoms with Crippen LogP contribution in [0.1, 0.15) is 17.3 Å². The number of rotatable bonds is 3. The number of aromatic nitrogens is 1. The van der Waals surface area contributed by atoms with Crippen molar-refractivity contribution in [1.29, 1.82) is 0 Å². The zero-order valence-electron chi connectivity index (χ0n) is 9.98. The molecule has 18 heavy (non-hydrogen) atoms. The van der Waals surface area contributed by atoms with Crippen molar-refractivity contribution in [2.24, 2.45) is 0 Å². The first-order valence-electron chi connectivity index (χ1n) is 5.70. The molecule has 1 aromatic carbocycles. The minimum Gasteiger partial charge on any atom is -0.352 e. The van der Waals surface area contributed by atoms with E-state index < -0.39 is 0 Å². The van der Waals surface area contributed by atoms with Gasteiger partial charge in [-0.2, -0.15) is 0 Å². The quantitative estimate of drug-likeness (QED) is 0.945. The van der Waals surface area contributed by atoms with Gasteiger partial charge in [0.1, 0.15) is 0 Å². The molecule has 0 aliphatic heterocycles. The van der Waals surface area contributed by atoms with Crippen molar-refractivity contribution in [2.45, 2.75) is 6.92 Å². The third kappa shape index (κ3) is 2.96. The normalized spacial score (nSPS) is 10.1. The molecule has 0 spiro atoms. The Kier molecular flexibility index (Phi) is 4.10. The lowest BCUT2D eigenvalue weighted by Crippen LogP contribution is -2.22. The van der Waals surface area contributed by atoms with Crippen molar-refractivity contribution in [3.8, 4) is 11.1 Å². The number of amides is 1. The lowest BCUT2D eigenvalue weighted by Gasteiger charge is -2.07. The Bertz CT molecular complexity index is 555. The third-order valence-corrected chi connectivity index (χ3v) is 2.97. The van der Waals surface area contributed by atoms with E-state index in [2.05, 4.69) is 26.2 Å². The van der Waals surface area contributed by atoms with Gasteiger partial charge >= 0.3 is 0 Å². The van der Waals surface area contributed by atoms with Crippen LogP contribution in [0.2, 0.25) is 0 Å². The summed E-state index contributed by atoms with van der Waals surface area (Å²) in [4.78, 5) is 15.8. The van der Waals surface area contributed by atoms with Gasteiger partial charge in [0.25, 0.3) is 5.91 Å². The second-order valence-electron chi connectivity index (χ2n) is 3.82. The molecule has 0 bridgehead atoms. The fourth-order valence-electron chi connectivity index (χ4n) is 1.69. The summed E-state index contributed by atoms with van der Waals surface area (Å²) >= 11 is 3.43. The highest BCUT2D eigenvalue weighted by atomic mass is 79.9. The summed E-state index contributed by atoms with van der Waals surface area (Å²) in [6.07, 6.45) is 3.48. The zero-order valence-corrected chi connectivity index (χ0v) is 11.6. The Morgan fingerprint density at radius 1 is 1.22 bits per heavy atom. The number of carbonyl (C=O) groups is 1. The molecule has 0 radical (unpaired) electrons. The summed E-state index contributed by atoms with van der Waals surface area (Å²) < 4.78 is 0.887. The predicted octanol–water partition coefficient (Wildman–Crippen LogP) is 3.26. The molecule has 0 unspecified atom stereocenters. The SMILES string of the molecule is CCNC(=O)c1cc(Br)cc(-c2ccncc2)c1. The van der Waals surface area contributed by atoms with Gasteiger partial charge in [0.15, 0.2) is 0 Å². The molecule has 1 N–H and O–H groups in total. The number of pyridine rings is 1. The van der Waals surface area contributed by atoms with Gasteiger partial charge in [-0.15, -0.1) is 0 Å². The van der Waals surface area contributed by atoms with Crippen molar-refractivity contribution in [2.75, 3.05) is 6.54 Å². The van der Waals surface area contributed by atoms with E-state index in [0.717, 1.165) is 15.6 Å². The van der Waals surface area contributed by atoms with Gasteiger partial charge in [-0.3, -0.25) is 9.78 Å². The Hall–Kier alpha value is -1.68. The predicted molar refractivity (Wildman–Crippen MR) is 75.4 cm³/mol. The lowest BCUT2D eigenvalue weighted by molar-refractivity contribution is 0.0956. The fraction of sp³-hybridized carbons (Fsp3) is 0.143. The van der Waals surface area contributed by atoms with Gasteiger partial charge in [0.05, 0.1) is 0 Å². The molecule has 0 saturated heterocycles. The van der Waals surface area contributed by atoms with Crippen molar-refractivity contribution in [1.82, 2.24) is 10.3 Å². The topological polar surface area (TPSA) is 42.0 Å². The minimum absolute atomic E-state index is 0.0610. The summed E-state index contributed by atoms with van der Waals surface area (Å²) in [6, 6.07) is 9.52. The first-order chi connectivity index (χ1) is 8.70. The summed E-state index contributed by atoms with van der Waals surface area (Å²) in [6.45, 7) is 2.52. The number of nitrogens with one attached hydrogen (secondary N) is 1. The fourth-order valence-corrected chi connectivity index (χ4v) is 2.19. The standard InChI is InChI=1S/C14H13BrN2O/c1-2-17-14(18)12-7-11(8-13(15)9-12)10-3-5-16-6-4-10/h3-9H,2H2,1H3,(H,17,18). The van der Waals surface area contributed by atoms with E-state index in [1.165, 1.54) is 0 Å². The molecular weight excluding hydrogens is 292 g/mol. The molecule has 1 amide bonds. The van der Waals surface area contributed by atoms with Crippen LogP contribution in [-0.4, -0.2) is 17.4 Å². The van der Waals surface area contributed by atoms with E-state index >= 15 is 0 Å². The molecule has 4 heteroatoms. The Labute approximate surface area is 114 Å². The van der Waals surface area contributed by atoms with Crippen LogP contribution in [0.25, 0.3) is 11.1 Å². The summed E-state index contributed by atoms with van der Waals surface area (Å²) in [5, 5.41) is 2.80. The van der Waals surface area contributed by atoms with Crippen LogP contribution in [-0.2, 0) is 0 Å². The van der Waals surface area contributed by atoms with Crippen LogP contribution in [0.5, 0.6) is 0 Å². The van der Waals surface area contributed by atoms with Crippen LogP contribution >= 0.6 is 15.9 Å². The summed E-state index contributed by atoms with van der Waals surface area (Å²) in [7, 11) is 0. The molecule has 2 aromatic rings. The first-order valence-corrected chi connectivity index (χ1v) is 6.49. The molecule has 0 saturated carbocycles. The summed E-state index contributed by atoms with van der Waals surface area (Å²) in [5.41, 5.74) is 2.68. The average Bonchev–Trinajstić information content (AvgIpc) is 2.39. The van der Waals surface area contributed by atoms with Gasteiger partial charge < -0.3 is 5.32 Å². The maximum absolute atomic E-state index is 11.8. The lowest BCUT2D eigenvalue weighted by atomic mass is 10.0. The molecule has 0 fully saturated rings.